The van der Waals surface area contributed by atoms with Crippen LogP contribution < -0.4 is 15.4 Å². The topological polar surface area (TPSA) is 50.4 Å². The molecule has 0 unspecified atom stereocenters. The lowest BCUT2D eigenvalue weighted by atomic mass is 10.2. The van der Waals surface area contributed by atoms with Crippen LogP contribution in [-0.4, -0.2) is 26.1 Å². The maximum Gasteiger partial charge on any atom is 0.257 e. The third-order valence-corrected chi connectivity index (χ3v) is 2.99. The fourth-order valence-corrected chi connectivity index (χ4v) is 1.85. The van der Waals surface area contributed by atoms with Crippen molar-refractivity contribution in [1.82, 2.24) is 10.6 Å². The molecule has 0 aliphatic heterocycles. The van der Waals surface area contributed by atoms with Gasteiger partial charge in [-0.15, -0.1) is 0 Å². The SMILES string of the molecule is CCCCNC(=O)COc1cccc(Cl)c1CNC. The summed E-state index contributed by atoms with van der Waals surface area (Å²) in [6.45, 7) is 3.39. The lowest BCUT2D eigenvalue weighted by molar-refractivity contribution is -0.123. The Morgan fingerprint density at radius 2 is 2.21 bits per heavy atom. The Hall–Kier alpha value is -1.26. The molecule has 1 aromatic rings. The number of rotatable bonds is 8. The summed E-state index contributed by atoms with van der Waals surface area (Å²) in [6, 6.07) is 5.44. The van der Waals surface area contributed by atoms with Gasteiger partial charge in [-0.1, -0.05) is 31.0 Å². The van der Waals surface area contributed by atoms with Crippen molar-refractivity contribution in [2.24, 2.45) is 0 Å². The molecular formula is C14H21ClN2O2. The van der Waals surface area contributed by atoms with Crippen LogP contribution in [0.15, 0.2) is 18.2 Å². The standard InChI is InChI=1S/C14H21ClN2O2/c1-3-4-8-17-14(18)10-19-13-7-5-6-12(15)11(13)9-16-2/h5-7,16H,3-4,8-10H2,1-2H3,(H,17,18). The molecule has 2 N–H and O–H groups in total. The summed E-state index contributed by atoms with van der Waals surface area (Å²) in [5, 5.41) is 6.47. The minimum Gasteiger partial charge on any atom is -0.483 e. The van der Waals surface area contributed by atoms with Crippen LogP contribution in [-0.2, 0) is 11.3 Å². The van der Waals surface area contributed by atoms with Gasteiger partial charge in [0.25, 0.3) is 5.91 Å². The van der Waals surface area contributed by atoms with Crippen LogP contribution in [0.25, 0.3) is 0 Å². The number of carbonyl (C=O) groups excluding carboxylic acids is 1. The van der Waals surface area contributed by atoms with Crippen molar-refractivity contribution in [2.75, 3.05) is 20.2 Å². The van der Waals surface area contributed by atoms with Gasteiger partial charge in [0.1, 0.15) is 5.75 Å². The molecule has 1 aromatic carbocycles. The van der Waals surface area contributed by atoms with E-state index in [2.05, 4.69) is 17.6 Å². The monoisotopic (exact) mass is 284 g/mol. The number of ether oxygens (including phenoxy) is 1. The molecule has 1 amide bonds. The van der Waals surface area contributed by atoms with Crippen LogP contribution in [0, 0.1) is 0 Å². The summed E-state index contributed by atoms with van der Waals surface area (Å²) in [4.78, 5) is 11.6. The summed E-state index contributed by atoms with van der Waals surface area (Å²) in [5.74, 6) is 0.538. The Kier molecular flexibility index (Phi) is 7.30. The van der Waals surface area contributed by atoms with Crippen LogP contribution in [0.3, 0.4) is 0 Å². The van der Waals surface area contributed by atoms with E-state index >= 15 is 0 Å². The molecule has 0 radical (unpaired) electrons. The van der Waals surface area contributed by atoms with Gasteiger partial charge in [-0.3, -0.25) is 4.79 Å². The minimum absolute atomic E-state index is 0.0147. The van der Waals surface area contributed by atoms with E-state index in [0.717, 1.165) is 18.4 Å². The quantitative estimate of drug-likeness (QED) is 0.721. The Bertz CT molecular complexity index is 410. The van der Waals surface area contributed by atoms with Crippen LogP contribution in [0.5, 0.6) is 5.75 Å². The van der Waals surface area contributed by atoms with E-state index in [1.807, 2.05) is 25.2 Å². The van der Waals surface area contributed by atoms with E-state index in [1.165, 1.54) is 0 Å². The number of unbranched alkanes of at least 4 members (excludes halogenated alkanes) is 1. The van der Waals surface area contributed by atoms with Crippen molar-refractivity contribution in [2.45, 2.75) is 26.3 Å². The lowest BCUT2D eigenvalue weighted by Gasteiger charge is -2.12. The molecule has 0 spiro atoms. The third kappa shape index (κ3) is 5.49. The molecule has 0 aliphatic rings. The van der Waals surface area contributed by atoms with E-state index in [0.29, 0.717) is 23.9 Å². The number of nitrogens with one attached hydrogen (secondary N) is 2. The molecule has 0 aliphatic carbocycles. The molecule has 0 aromatic heterocycles. The van der Waals surface area contributed by atoms with E-state index in [9.17, 15) is 4.79 Å². The fraction of sp³-hybridized carbons (Fsp3) is 0.500. The molecule has 0 bridgehead atoms. The average molecular weight is 285 g/mol. The van der Waals surface area contributed by atoms with Gasteiger partial charge < -0.3 is 15.4 Å². The van der Waals surface area contributed by atoms with Crippen LogP contribution in [0.1, 0.15) is 25.3 Å². The van der Waals surface area contributed by atoms with E-state index in [-0.39, 0.29) is 12.5 Å². The largest absolute Gasteiger partial charge is 0.483 e. The van der Waals surface area contributed by atoms with E-state index < -0.39 is 0 Å². The van der Waals surface area contributed by atoms with Gasteiger partial charge in [0.2, 0.25) is 0 Å². The molecule has 19 heavy (non-hydrogen) atoms. The highest BCUT2D eigenvalue weighted by atomic mass is 35.5. The molecule has 4 nitrogen and oxygen atoms in total. The van der Waals surface area contributed by atoms with Gasteiger partial charge in [0.15, 0.2) is 6.61 Å². The van der Waals surface area contributed by atoms with Crippen molar-refractivity contribution in [1.29, 1.82) is 0 Å². The van der Waals surface area contributed by atoms with Gasteiger partial charge in [0, 0.05) is 23.7 Å². The second-order valence-corrected chi connectivity index (χ2v) is 4.65. The highest BCUT2D eigenvalue weighted by Crippen LogP contribution is 2.26. The molecular weight excluding hydrogens is 264 g/mol. The summed E-state index contributed by atoms with van der Waals surface area (Å²) >= 11 is 6.11. The predicted octanol–water partition coefficient (Wildman–Crippen LogP) is 2.35. The predicted molar refractivity (Wildman–Crippen MR) is 77.6 cm³/mol. The number of halogens is 1. The molecule has 0 saturated heterocycles. The summed E-state index contributed by atoms with van der Waals surface area (Å²) in [7, 11) is 1.84. The van der Waals surface area contributed by atoms with Gasteiger partial charge >= 0.3 is 0 Å². The Morgan fingerprint density at radius 3 is 2.89 bits per heavy atom. The average Bonchev–Trinajstić information content (AvgIpc) is 2.40. The molecule has 106 valence electrons. The summed E-state index contributed by atoms with van der Waals surface area (Å²) in [5.41, 5.74) is 0.869. The van der Waals surface area contributed by atoms with Gasteiger partial charge in [-0.2, -0.15) is 0 Å². The van der Waals surface area contributed by atoms with Crippen molar-refractivity contribution >= 4 is 17.5 Å². The van der Waals surface area contributed by atoms with Gasteiger partial charge in [-0.25, -0.2) is 0 Å². The first kappa shape index (κ1) is 15.8. The fourth-order valence-electron chi connectivity index (χ4n) is 1.62. The zero-order chi connectivity index (χ0) is 14.1. The zero-order valence-electron chi connectivity index (χ0n) is 11.5. The number of hydrogen-bond donors (Lipinski definition) is 2. The van der Waals surface area contributed by atoms with Crippen molar-refractivity contribution < 1.29 is 9.53 Å². The third-order valence-electron chi connectivity index (χ3n) is 2.64. The molecule has 5 heteroatoms. The maximum atomic E-state index is 11.6. The van der Waals surface area contributed by atoms with Crippen molar-refractivity contribution in [3.63, 3.8) is 0 Å². The number of benzene rings is 1. The molecule has 0 saturated carbocycles. The second kappa shape index (κ2) is 8.77. The first-order chi connectivity index (χ1) is 9.19. The second-order valence-electron chi connectivity index (χ2n) is 4.24. The first-order valence-corrected chi connectivity index (χ1v) is 6.88. The molecule has 0 heterocycles. The Labute approximate surface area is 119 Å². The van der Waals surface area contributed by atoms with E-state index in [1.54, 1.807) is 0 Å². The zero-order valence-corrected chi connectivity index (χ0v) is 12.2. The van der Waals surface area contributed by atoms with Crippen molar-refractivity contribution in [3.8, 4) is 5.75 Å². The first-order valence-electron chi connectivity index (χ1n) is 6.50. The molecule has 0 atom stereocenters. The summed E-state index contributed by atoms with van der Waals surface area (Å²) in [6.07, 6.45) is 2.04. The minimum atomic E-state index is -0.108. The number of carbonyl (C=O) groups is 1. The highest BCUT2D eigenvalue weighted by Gasteiger charge is 2.09. The lowest BCUT2D eigenvalue weighted by Crippen LogP contribution is -2.29. The van der Waals surface area contributed by atoms with Gasteiger partial charge in [-0.05, 0) is 25.6 Å². The number of amides is 1. The summed E-state index contributed by atoms with van der Waals surface area (Å²) < 4.78 is 5.53. The van der Waals surface area contributed by atoms with Crippen LogP contribution >= 0.6 is 11.6 Å². The Morgan fingerprint density at radius 1 is 1.42 bits per heavy atom. The number of hydrogen-bond acceptors (Lipinski definition) is 3. The smallest absolute Gasteiger partial charge is 0.257 e. The Balaban J connectivity index is 2.52. The van der Waals surface area contributed by atoms with Gasteiger partial charge in [0.05, 0.1) is 0 Å². The van der Waals surface area contributed by atoms with E-state index in [4.69, 9.17) is 16.3 Å². The van der Waals surface area contributed by atoms with Crippen LogP contribution in [0.4, 0.5) is 0 Å². The highest BCUT2D eigenvalue weighted by molar-refractivity contribution is 6.31. The molecule has 1 rings (SSSR count). The molecule has 0 fully saturated rings. The maximum absolute atomic E-state index is 11.6. The van der Waals surface area contributed by atoms with Crippen LogP contribution in [0.2, 0.25) is 5.02 Å². The van der Waals surface area contributed by atoms with Crippen molar-refractivity contribution in [3.05, 3.63) is 28.8 Å². The normalized spacial score (nSPS) is 10.3.